The second-order valence-corrected chi connectivity index (χ2v) is 6.70. The molecule has 2 aromatic carbocycles. The molecule has 0 spiro atoms. The van der Waals surface area contributed by atoms with Crippen molar-refractivity contribution in [2.45, 2.75) is 26.3 Å². The van der Waals surface area contributed by atoms with E-state index in [1.54, 1.807) is 6.07 Å². The Kier molecular flexibility index (Phi) is 4.51. The lowest BCUT2D eigenvalue weighted by atomic mass is 10.1. The van der Waals surface area contributed by atoms with Gasteiger partial charge in [-0.3, -0.25) is 4.79 Å². The van der Waals surface area contributed by atoms with Gasteiger partial charge in [0, 0.05) is 11.7 Å². The molecule has 1 atom stereocenters. The average Bonchev–Trinajstić information content (AvgIpc) is 2.84. The van der Waals surface area contributed by atoms with Crippen molar-refractivity contribution in [1.29, 1.82) is 0 Å². The van der Waals surface area contributed by atoms with Crippen LogP contribution < -0.4 is 10.2 Å². The van der Waals surface area contributed by atoms with Crippen molar-refractivity contribution >= 4 is 40.5 Å². The Hall–Kier alpha value is -1.71. The Morgan fingerprint density at radius 1 is 1.26 bits per heavy atom. The minimum atomic E-state index is -0.122. The summed E-state index contributed by atoms with van der Waals surface area (Å²) in [6, 6.07) is 12.1. The van der Waals surface area contributed by atoms with Crippen molar-refractivity contribution in [2.75, 3.05) is 16.8 Å². The van der Waals surface area contributed by atoms with Gasteiger partial charge in [-0.05, 0) is 43.5 Å². The number of aryl methyl sites for hydroxylation is 1. The van der Waals surface area contributed by atoms with Crippen LogP contribution in [0, 0.1) is 6.92 Å². The summed E-state index contributed by atoms with van der Waals surface area (Å²) in [5, 5.41) is 3.79. The molecule has 0 unspecified atom stereocenters. The average molecular weight is 349 g/mol. The van der Waals surface area contributed by atoms with Crippen LogP contribution >= 0.6 is 23.2 Å². The standard InChI is InChI=1S/C18H18Cl2N2O/c1-11-7-8-14(19)18(17(11)20)21-16(23)10-22-12(2)9-13-5-3-4-6-15(13)22/h3-8,12H,9-10H2,1-2H3,(H,21,23)/t12-/m1/s1. The highest BCUT2D eigenvalue weighted by Gasteiger charge is 2.27. The first-order chi connectivity index (χ1) is 11.0. The topological polar surface area (TPSA) is 32.3 Å². The lowest BCUT2D eigenvalue weighted by Gasteiger charge is -2.24. The molecule has 120 valence electrons. The molecule has 3 rings (SSSR count). The molecule has 2 aromatic rings. The van der Waals surface area contributed by atoms with E-state index >= 15 is 0 Å². The fourth-order valence-corrected chi connectivity index (χ4v) is 3.44. The predicted octanol–water partition coefficient (Wildman–Crippen LogP) is 4.69. The van der Waals surface area contributed by atoms with Crippen LogP contribution in [-0.4, -0.2) is 18.5 Å². The molecule has 0 bridgehead atoms. The molecular formula is C18H18Cl2N2O. The van der Waals surface area contributed by atoms with E-state index in [2.05, 4.69) is 29.3 Å². The van der Waals surface area contributed by atoms with Crippen molar-refractivity contribution in [2.24, 2.45) is 0 Å². The zero-order valence-electron chi connectivity index (χ0n) is 13.1. The van der Waals surface area contributed by atoms with Crippen LogP contribution in [0.15, 0.2) is 36.4 Å². The molecule has 0 aliphatic carbocycles. The number of rotatable bonds is 3. The predicted molar refractivity (Wildman–Crippen MR) is 96.8 cm³/mol. The molecule has 1 aliphatic heterocycles. The monoisotopic (exact) mass is 348 g/mol. The number of nitrogens with zero attached hydrogens (tertiary/aromatic N) is 1. The number of amides is 1. The van der Waals surface area contributed by atoms with Crippen LogP contribution in [0.3, 0.4) is 0 Å². The van der Waals surface area contributed by atoms with Crippen LogP contribution in [-0.2, 0) is 11.2 Å². The van der Waals surface area contributed by atoms with Crippen molar-refractivity contribution < 1.29 is 4.79 Å². The molecule has 1 aliphatic rings. The minimum Gasteiger partial charge on any atom is -0.359 e. The van der Waals surface area contributed by atoms with Gasteiger partial charge in [-0.2, -0.15) is 0 Å². The molecule has 1 heterocycles. The molecule has 0 aromatic heterocycles. The molecular weight excluding hydrogens is 331 g/mol. The quantitative estimate of drug-likeness (QED) is 0.872. The first-order valence-corrected chi connectivity index (χ1v) is 8.32. The molecule has 0 fully saturated rings. The van der Waals surface area contributed by atoms with Crippen LogP contribution in [0.25, 0.3) is 0 Å². The molecule has 0 saturated heterocycles. The number of nitrogens with one attached hydrogen (secondary N) is 1. The lowest BCUT2D eigenvalue weighted by molar-refractivity contribution is -0.115. The maximum absolute atomic E-state index is 12.5. The van der Waals surface area contributed by atoms with Gasteiger partial charge >= 0.3 is 0 Å². The van der Waals surface area contributed by atoms with Crippen molar-refractivity contribution in [3.63, 3.8) is 0 Å². The highest BCUT2D eigenvalue weighted by Crippen LogP contribution is 2.34. The molecule has 0 radical (unpaired) electrons. The van der Waals surface area contributed by atoms with Crippen molar-refractivity contribution in [3.8, 4) is 0 Å². The number of halogens is 2. The maximum atomic E-state index is 12.5. The number of hydrogen-bond donors (Lipinski definition) is 1. The smallest absolute Gasteiger partial charge is 0.243 e. The molecule has 1 N–H and O–H groups in total. The molecule has 0 saturated carbocycles. The van der Waals surface area contributed by atoms with Gasteiger partial charge in [0.1, 0.15) is 0 Å². The largest absolute Gasteiger partial charge is 0.359 e. The summed E-state index contributed by atoms with van der Waals surface area (Å²) < 4.78 is 0. The number of benzene rings is 2. The fourth-order valence-electron chi connectivity index (χ4n) is 2.98. The molecule has 3 nitrogen and oxygen atoms in total. The molecule has 1 amide bonds. The van der Waals surface area contributed by atoms with Gasteiger partial charge in [-0.15, -0.1) is 0 Å². The number of anilines is 2. The van der Waals surface area contributed by atoms with Crippen LogP contribution in [0.5, 0.6) is 0 Å². The van der Waals surface area contributed by atoms with Gasteiger partial charge < -0.3 is 10.2 Å². The number of carbonyl (C=O) groups is 1. The van der Waals surface area contributed by atoms with Crippen LogP contribution in [0.1, 0.15) is 18.1 Å². The van der Waals surface area contributed by atoms with E-state index in [-0.39, 0.29) is 12.5 Å². The van der Waals surface area contributed by atoms with Gasteiger partial charge in [0.2, 0.25) is 5.91 Å². The van der Waals surface area contributed by atoms with E-state index in [0.29, 0.717) is 21.8 Å². The summed E-state index contributed by atoms with van der Waals surface area (Å²) in [4.78, 5) is 14.6. The zero-order valence-corrected chi connectivity index (χ0v) is 14.6. The number of carbonyl (C=O) groups excluding carboxylic acids is 1. The Bertz CT molecular complexity index is 761. The second kappa shape index (κ2) is 6.42. The van der Waals surface area contributed by atoms with Gasteiger partial charge in [-0.1, -0.05) is 47.5 Å². The third-order valence-corrected chi connectivity index (χ3v) is 5.01. The first kappa shape index (κ1) is 16.2. The number of fused-ring (bicyclic) bond motifs is 1. The summed E-state index contributed by atoms with van der Waals surface area (Å²) in [7, 11) is 0. The third kappa shape index (κ3) is 3.17. The summed E-state index contributed by atoms with van der Waals surface area (Å²) >= 11 is 12.4. The van der Waals surface area contributed by atoms with E-state index in [1.807, 2.05) is 25.1 Å². The molecule has 5 heteroatoms. The highest BCUT2D eigenvalue weighted by atomic mass is 35.5. The van der Waals surface area contributed by atoms with E-state index in [9.17, 15) is 4.79 Å². The van der Waals surface area contributed by atoms with Gasteiger partial charge in [-0.25, -0.2) is 0 Å². The van der Waals surface area contributed by atoms with Crippen molar-refractivity contribution in [1.82, 2.24) is 0 Å². The van der Waals surface area contributed by atoms with E-state index in [1.165, 1.54) is 5.56 Å². The summed E-state index contributed by atoms with van der Waals surface area (Å²) in [6.45, 7) is 4.28. The van der Waals surface area contributed by atoms with Crippen LogP contribution in [0.2, 0.25) is 10.0 Å². The fraction of sp³-hybridized carbons (Fsp3) is 0.278. The Labute approximate surface area is 146 Å². The lowest BCUT2D eigenvalue weighted by Crippen LogP contribution is -2.37. The third-order valence-electron chi connectivity index (χ3n) is 4.21. The maximum Gasteiger partial charge on any atom is 0.243 e. The number of hydrogen-bond acceptors (Lipinski definition) is 2. The summed E-state index contributed by atoms with van der Waals surface area (Å²) in [6.07, 6.45) is 0.954. The van der Waals surface area contributed by atoms with Gasteiger partial charge in [0.25, 0.3) is 0 Å². The Morgan fingerprint density at radius 2 is 2.00 bits per heavy atom. The number of para-hydroxylation sites is 1. The van der Waals surface area contributed by atoms with E-state index < -0.39 is 0 Å². The normalized spacial score (nSPS) is 16.3. The highest BCUT2D eigenvalue weighted by molar-refractivity contribution is 6.40. The summed E-state index contributed by atoms with van der Waals surface area (Å²) in [5.74, 6) is -0.122. The van der Waals surface area contributed by atoms with Crippen LogP contribution in [0.4, 0.5) is 11.4 Å². The zero-order chi connectivity index (χ0) is 16.6. The minimum absolute atomic E-state index is 0.122. The summed E-state index contributed by atoms with van der Waals surface area (Å²) in [5.41, 5.74) is 3.76. The van der Waals surface area contributed by atoms with E-state index in [4.69, 9.17) is 23.2 Å². The first-order valence-electron chi connectivity index (χ1n) is 7.56. The Balaban J connectivity index is 1.77. The van der Waals surface area contributed by atoms with Gasteiger partial charge in [0.15, 0.2) is 0 Å². The second-order valence-electron chi connectivity index (χ2n) is 5.91. The molecule has 23 heavy (non-hydrogen) atoms. The van der Waals surface area contributed by atoms with Gasteiger partial charge in [0.05, 0.1) is 22.3 Å². The van der Waals surface area contributed by atoms with E-state index in [0.717, 1.165) is 17.7 Å². The SMILES string of the molecule is Cc1ccc(Cl)c(NC(=O)CN2c3ccccc3C[C@H]2C)c1Cl. The Morgan fingerprint density at radius 3 is 2.78 bits per heavy atom. The van der Waals surface area contributed by atoms with Crippen molar-refractivity contribution in [3.05, 3.63) is 57.6 Å².